The molecule has 1 aromatic rings. The molecule has 0 saturated carbocycles. The number of hydrogen-bond donors (Lipinski definition) is 0. The van der Waals surface area contributed by atoms with Crippen LogP contribution in [-0.4, -0.2) is 59.8 Å². The summed E-state index contributed by atoms with van der Waals surface area (Å²) in [6, 6.07) is 5.18. The van der Waals surface area contributed by atoms with Gasteiger partial charge in [0.05, 0.1) is 10.5 Å². The minimum Gasteiger partial charge on any atom is -0.459 e. The number of carbonyl (C=O) groups is 1. The summed E-state index contributed by atoms with van der Waals surface area (Å²) in [5, 5.41) is 10.7. The molecule has 158 valence electrons. The van der Waals surface area contributed by atoms with Gasteiger partial charge in [-0.2, -0.15) is 0 Å². The van der Waals surface area contributed by atoms with Crippen molar-refractivity contribution in [3.05, 3.63) is 39.9 Å². The van der Waals surface area contributed by atoms with Gasteiger partial charge in [-0.15, -0.1) is 0 Å². The predicted molar refractivity (Wildman–Crippen MR) is 95.9 cm³/mol. The van der Waals surface area contributed by atoms with Gasteiger partial charge < -0.3 is 28.4 Å². The van der Waals surface area contributed by atoms with Crippen LogP contribution in [0.15, 0.2) is 24.3 Å². The van der Waals surface area contributed by atoms with Crippen molar-refractivity contribution in [3.63, 3.8) is 0 Å². The van der Waals surface area contributed by atoms with Gasteiger partial charge in [-0.25, -0.2) is 4.79 Å². The minimum atomic E-state index is -0.843. The Morgan fingerprint density at radius 1 is 1.00 bits per heavy atom. The summed E-state index contributed by atoms with van der Waals surface area (Å²) in [6.07, 6.45) is -2.70. The number of non-ortho nitro benzene ring substituents is 1. The molecule has 3 aliphatic heterocycles. The molecule has 0 unspecified atom stereocenters. The molecular weight excluding hydrogens is 386 g/mol. The maximum Gasteiger partial charge on any atom is 0.338 e. The molecule has 3 saturated heterocycles. The number of esters is 1. The van der Waals surface area contributed by atoms with Crippen molar-refractivity contribution in [1.82, 2.24) is 0 Å². The molecule has 0 radical (unpaired) electrons. The zero-order valence-corrected chi connectivity index (χ0v) is 16.5. The van der Waals surface area contributed by atoms with Crippen molar-refractivity contribution in [1.29, 1.82) is 0 Å². The summed E-state index contributed by atoms with van der Waals surface area (Å²) in [5.41, 5.74) is 0.0946. The monoisotopic (exact) mass is 409 g/mol. The molecule has 0 aliphatic carbocycles. The number of fused-ring (bicyclic) bond motifs is 3. The number of carbonyl (C=O) groups excluding carboxylic acids is 1. The van der Waals surface area contributed by atoms with Crippen LogP contribution < -0.4 is 0 Å². The van der Waals surface area contributed by atoms with Crippen LogP contribution in [0.3, 0.4) is 0 Å². The maximum atomic E-state index is 12.3. The van der Waals surface area contributed by atoms with E-state index < -0.39 is 53.2 Å². The zero-order valence-electron chi connectivity index (χ0n) is 16.5. The average molecular weight is 409 g/mol. The predicted octanol–water partition coefficient (Wildman–Crippen LogP) is 2.15. The summed E-state index contributed by atoms with van der Waals surface area (Å²) < 4.78 is 35.0. The fourth-order valence-corrected chi connectivity index (χ4v) is 3.79. The Morgan fingerprint density at radius 2 is 1.59 bits per heavy atom. The largest absolute Gasteiger partial charge is 0.459 e. The van der Waals surface area contributed by atoms with Crippen LogP contribution in [0.2, 0.25) is 0 Å². The minimum absolute atomic E-state index is 0.0938. The molecular formula is C19H23NO9. The van der Waals surface area contributed by atoms with Crippen molar-refractivity contribution in [2.45, 2.75) is 70.0 Å². The van der Waals surface area contributed by atoms with Gasteiger partial charge in [0, 0.05) is 12.1 Å². The van der Waals surface area contributed by atoms with Gasteiger partial charge in [0.25, 0.3) is 5.69 Å². The number of rotatable bonds is 4. The molecule has 3 aliphatic rings. The standard InChI is InChI=1S/C19H23NO9/c1-18(2)26-13-12(25-17-15(14(13)27-18)28-19(3,4)29-17)9-24-16(21)10-5-7-11(8-6-10)20(22)23/h5-8,12-15,17H,9H2,1-4H3/t12-,13+,14+,15+,17-/m0/s1. The highest BCUT2D eigenvalue weighted by Crippen LogP contribution is 2.44. The van der Waals surface area contributed by atoms with Crippen molar-refractivity contribution >= 4 is 11.7 Å². The van der Waals surface area contributed by atoms with E-state index in [4.69, 9.17) is 28.4 Å². The lowest BCUT2D eigenvalue weighted by Crippen LogP contribution is -2.56. The topological polar surface area (TPSA) is 116 Å². The molecule has 0 aromatic heterocycles. The summed E-state index contributed by atoms with van der Waals surface area (Å²) in [7, 11) is 0. The van der Waals surface area contributed by atoms with E-state index in [2.05, 4.69) is 0 Å². The molecule has 10 nitrogen and oxygen atoms in total. The van der Waals surface area contributed by atoms with E-state index >= 15 is 0 Å². The zero-order chi connectivity index (χ0) is 21.0. The molecule has 10 heteroatoms. The van der Waals surface area contributed by atoms with E-state index in [0.717, 1.165) is 0 Å². The SMILES string of the molecule is CC1(C)O[C@@H]2O[C@@H](COC(=O)c3ccc([N+](=O)[O-])cc3)[C@H]3OC(C)(C)O[C@H]3[C@H]2O1. The molecule has 3 heterocycles. The number of benzene rings is 1. The molecule has 29 heavy (non-hydrogen) atoms. The van der Waals surface area contributed by atoms with Gasteiger partial charge in [-0.1, -0.05) is 0 Å². The second kappa shape index (κ2) is 6.99. The van der Waals surface area contributed by atoms with Gasteiger partial charge in [-0.05, 0) is 39.8 Å². The Kier molecular flexibility index (Phi) is 4.87. The first-order valence-corrected chi connectivity index (χ1v) is 9.33. The van der Waals surface area contributed by atoms with Crippen LogP contribution in [-0.2, 0) is 28.4 Å². The molecule has 0 N–H and O–H groups in total. The smallest absolute Gasteiger partial charge is 0.338 e. The summed E-state index contributed by atoms with van der Waals surface area (Å²) >= 11 is 0. The van der Waals surface area contributed by atoms with Crippen LogP contribution in [0, 0.1) is 10.1 Å². The Balaban J connectivity index is 1.45. The van der Waals surface area contributed by atoms with Gasteiger partial charge >= 0.3 is 5.97 Å². The number of nitro benzene ring substituents is 1. The van der Waals surface area contributed by atoms with E-state index in [1.807, 2.05) is 0 Å². The van der Waals surface area contributed by atoms with Gasteiger partial charge in [0.1, 0.15) is 31.0 Å². The fraction of sp³-hybridized carbons (Fsp3) is 0.632. The third-order valence-corrected chi connectivity index (χ3v) is 4.94. The van der Waals surface area contributed by atoms with E-state index in [1.165, 1.54) is 24.3 Å². The average Bonchev–Trinajstić information content (AvgIpc) is 3.13. The fourth-order valence-electron chi connectivity index (χ4n) is 3.79. The van der Waals surface area contributed by atoms with Gasteiger partial charge in [0.15, 0.2) is 17.9 Å². The van der Waals surface area contributed by atoms with Crippen LogP contribution >= 0.6 is 0 Å². The molecule has 4 rings (SSSR count). The highest BCUT2D eigenvalue weighted by Gasteiger charge is 2.60. The lowest BCUT2D eigenvalue weighted by molar-refractivity contribution is -0.384. The van der Waals surface area contributed by atoms with Crippen LogP contribution in [0.1, 0.15) is 38.1 Å². The van der Waals surface area contributed by atoms with Crippen molar-refractivity contribution < 1.29 is 38.1 Å². The Morgan fingerprint density at radius 3 is 2.24 bits per heavy atom. The highest BCUT2D eigenvalue weighted by molar-refractivity contribution is 5.89. The van der Waals surface area contributed by atoms with Crippen molar-refractivity contribution in [3.8, 4) is 0 Å². The first-order valence-electron chi connectivity index (χ1n) is 9.33. The third kappa shape index (κ3) is 3.99. The van der Waals surface area contributed by atoms with E-state index in [1.54, 1.807) is 27.7 Å². The molecule has 0 amide bonds. The number of hydrogen-bond acceptors (Lipinski definition) is 9. The van der Waals surface area contributed by atoms with Crippen LogP contribution in [0.25, 0.3) is 0 Å². The Bertz CT molecular complexity index is 806. The van der Waals surface area contributed by atoms with Crippen molar-refractivity contribution in [2.75, 3.05) is 6.61 Å². The second-order valence-corrected chi connectivity index (χ2v) is 8.11. The normalized spacial score (nSPS) is 34.3. The molecule has 5 atom stereocenters. The molecule has 1 aromatic carbocycles. The first-order chi connectivity index (χ1) is 13.5. The van der Waals surface area contributed by atoms with Gasteiger partial charge in [-0.3, -0.25) is 10.1 Å². The van der Waals surface area contributed by atoms with Gasteiger partial charge in [0.2, 0.25) is 0 Å². The number of nitrogens with zero attached hydrogens (tertiary/aromatic N) is 1. The quantitative estimate of drug-likeness (QED) is 0.419. The summed E-state index contributed by atoms with van der Waals surface area (Å²) in [6.45, 7) is 7.06. The summed E-state index contributed by atoms with van der Waals surface area (Å²) in [4.78, 5) is 22.5. The Labute approximate surface area is 167 Å². The molecule has 0 spiro atoms. The Hall–Kier alpha value is -2.11. The highest BCUT2D eigenvalue weighted by atomic mass is 16.9. The van der Waals surface area contributed by atoms with E-state index in [0.29, 0.717) is 0 Å². The van der Waals surface area contributed by atoms with Crippen molar-refractivity contribution in [2.24, 2.45) is 0 Å². The van der Waals surface area contributed by atoms with Crippen LogP contribution in [0.5, 0.6) is 0 Å². The van der Waals surface area contributed by atoms with E-state index in [9.17, 15) is 14.9 Å². The number of ether oxygens (including phenoxy) is 6. The lowest BCUT2D eigenvalue weighted by atomic mass is 9.99. The van der Waals surface area contributed by atoms with E-state index in [-0.39, 0.29) is 17.9 Å². The van der Waals surface area contributed by atoms with Crippen LogP contribution in [0.4, 0.5) is 5.69 Å². The lowest BCUT2D eigenvalue weighted by Gasteiger charge is -2.36. The maximum absolute atomic E-state index is 12.3. The summed E-state index contributed by atoms with van der Waals surface area (Å²) in [5.74, 6) is -2.30. The molecule has 0 bridgehead atoms. The first kappa shape index (κ1) is 20.2. The molecule has 3 fully saturated rings. The number of nitro groups is 1. The second-order valence-electron chi connectivity index (χ2n) is 8.11. The third-order valence-electron chi connectivity index (χ3n) is 4.94.